The van der Waals surface area contributed by atoms with Crippen molar-refractivity contribution in [3.8, 4) is 0 Å². The van der Waals surface area contributed by atoms with Gasteiger partial charge in [-0.2, -0.15) is 0 Å². The maximum atomic E-state index is 12.1. The second-order valence-electron chi connectivity index (χ2n) is 4.53. The number of aromatic nitrogens is 1. The van der Waals surface area contributed by atoms with E-state index in [0.29, 0.717) is 0 Å². The van der Waals surface area contributed by atoms with Crippen LogP contribution in [-0.2, 0) is 11.3 Å². The molecule has 0 aliphatic rings. The smallest absolute Gasteiger partial charge is 0.338 e. The molecule has 7 nitrogen and oxygen atoms in total. The summed E-state index contributed by atoms with van der Waals surface area (Å²) in [5.74, 6) is -1.33. The van der Waals surface area contributed by atoms with Crippen LogP contribution in [0.25, 0.3) is 0 Å². The number of hydrogen-bond donors (Lipinski definition) is 2. The fourth-order valence-electron chi connectivity index (χ4n) is 1.87. The minimum atomic E-state index is -0.682. The topological polar surface area (TPSA) is 97.4 Å². The van der Waals surface area contributed by atoms with E-state index in [2.05, 4.69) is 20.4 Å². The monoisotopic (exact) mass is 313 g/mol. The van der Waals surface area contributed by atoms with Crippen LogP contribution >= 0.6 is 0 Å². The van der Waals surface area contributed by atoms with Gasteiger partial charge in [0.05, 0.1) is 18.2 Å². The van der Waals surface area contributed by atoms with Gasteiger partial charge in [0.15, 0.2) is 0 Å². The summed E-state index contributed by atoms with van der Waals surface area (Å²) < 4.78 is 4.61. The van der Waals surface area contributed by atoms with E-state index in [0.717, 1.165) is 5.56 Å². The van der Waals surface area contributed by atoms with Crippen LogP contribution in [0.1, 0.15) is 26.3 Å². The fraction of sp³-hybridized carbons (Fsp3) is 0.125. The van der Waals surface area contributed by atoms with E-state index in [1.807, 2.05) is 0 Å². The lowest BCUT2D eigenvalue weighted by atomic mass is 10.1. The highest BCUT2D eigenvalue weighted by molar-refractivity contribution is 6.10. The molecular weight excluding hydrogens is 298 g/mol. The first-order valence-corrected chi connectivity index (χ1v) is 6.77. The Balaban J connectivity index is 1.99. The number of carbonyl (C=O) groups excluding carboxylic acids is 3. The van der Waals surface area contributed by atoms with E-state index in [-0.39, 0.29) is 17.7 Å². The Bertz CT molecular complexity index is 716. The Morgan fingerprint density at radius 3 is 2.35 bits per heavy atom. The third-order valence-electron chi connectivity index (χ3n) is 3.01. The Kier molecular flexibility index (Phi) is 5.40. The number of pyridine rings is 1. The van der Waals surface area contributed by atoms with Crippen molar-refractivity contribution in [2.75, 3.05) is 7.11 Å². The van der Waals surface area contributed by atoms with Crippen LogP contribution in [-0.4, -0.2) is 30.0 Å². The van der Waals surface area contributed by atoms with Crippen molar-refractivity contribution in [3.05, 3.63) is 65.5 Å². The van der Waals surface area contributed by atoms with E-state index < -0.39 is 17.9 Å². The zero-order valence-electron chi connectivity index (χ0n) is 12.4. The molecule has 1 aromatic carbocycles. The average Bonchev–Trinajstić information content (AvgIpc) is 2.60. The molecule has 0 fully saturated rings. The van der Waals surface area contributed by atoms with Gasteiger partial charge in [0, 0.05) is 18.9 Å². The van der Waals surface area contributed by atoms with Crippen molar-refractivity contribution in [2.24, 2.45) is 0 Å². The number of carbonyl (C=O) groups is 3. The Hall–Kier alpha value is -3.22. The molecule has 2 rings (SSSR count). The fourth-order valence-corrected chi connectivity index (χ4v) is 1.87. The third kappa shape index (κ3) is 4.37. The highest BCUT2D eigenvalue weighted by Crippen LogP contribution is 2.10. The summed E-state index contributed by atoms with van der Waals surface area (Å²) in [7, 11) is 1.22. The minimum absolute atomic E-state index is 0.0680. The quantitative estimate of drug-likeness (QED) is 0.834. The number of urea groups is 1. The lowest BCUT2D eigenvalue weighted by Gasteiger charge is -2.09. The summed E-state index contributed by atoms with van der Waals surface area (Å²) in [6.07, 6.45) is 3.21. The van der Waals surface area contributed by atoms with E-state index in [1.54, 1.807) is 36.7 Å². The molecule has 2 N–H and O–H groups in total. The molecule has 1 aromatic heterocycles. The Morgan fingerprint density at radius 2 is 1.70 bits per heavy atom. The SMILES string of the molecule is COC(=O)c1ccccc1C(=O)NC(=O)NCc1ccncc1. The maximum Gasteiger partial charge on any atom is 0.338 e. The third-order valence-corrected chi connectivity index (χ3v) is 3.01. The van der Waals surface area contributed by atoms with Crippen LogP contribution in [0.4, 0.5) is 4.79 Å². The predicted molar refractivity (Wildman–Crippen MR) is 81.7 cm³/mol. The number of nitrogens with one attached hydrogen (secondary N) is 2. The summed E-state index contributed by atoms with van der Waals surface area (Å²) in [5.41, 5.74) is 1.01. The van der Waals surface area contributed by atoms with Gasteiger partial charge >= 0.3 is 12.0 Å². The molecule has 0 unspecified atom stereocenters. The lowest BCUT2D eigenvalue weighted by molar-refractivity contribution is 0.0596. The maximum absolute atomic E-state index is 12.1. The van der Waals surface area contributed by atoms with Crippen LogP contribution in [0.3, 0.4) is 0 Å². The molecule has 0 bridgehead atoms. The van der Waals surface area contributed by atoms with Crippen molar-refractivity contribution in [2.45, 2.75) is 6.54 Å². The number of rotatable bonds is 4. The number of nitrogens with zero attached hydrogens (tertiary/aromatic N) is 1. The summed E-state index contributed by atoms with van der Waals surface area (Å²) in [6, 6.07) is 8.92. The largest absolute Gasteiger partial charge is 0.465 e. The van der Waals surface area contributed by atoms with Gasteiger partial charge in [-0.1, -0.05) is 12.1 Å². The van der Waals surface area contributed by atoms with E-state index in [9.17, 15) is 14.4 Å². The van der Waals surface area contributed by atoms with Gasteiger partial charge in [-0.3, -0.25) is 15.1 Å². The molecule has 7 heteroatoms. The average molecular weight is 313 g/mol. The summed E-state index contributed by atoms with van der Waals surface area (Å²) in [4.78, 5) is 39.4. The van der Waals surface area contributed by atoms with E-state index >= 15 is 0 Å². The zero-order chi connectivity index (χ0) is 16.7. The van der Waals surface area contributed by atoms with Gasteiger partial charge < -0.3 is 10.1 Å². The van der Waals surface area contributed by atoms with Crippen LogP contribution in [0.15, 0.2) is 48.8 Å². The number of benzene rings is 1. The molecule has 0 radical (unpaired) electrons. The first kappa shape index (κ1) is 16.2. The van der Waals surface area contributed by atoms with Gasteiger partial charge in [0.2, 0.25) is 0 Å². The summed E-state index contributed by atoms with van der Waals surface area (Å²) in [5, 5.41) is 4.72. The molecule has 23 heavy (non-hydrogen) atoms. The number of hydrogen-bond acceptors (Lipinski definition) is 5. The van der Waals surface area contributed by atoms with Crippen LogP contribution in [0, 0.1) is 0 Å². The molecule has 0 saturated carbocycles. The second-order valence-corrected chi connectivity index (χ2v) is 4.53. The molecule has 0 saturated heterocycles. The normalized spacial score (nSPS) is 9.78. The number of amides is 3. The molecule has 0 aliphatic carbocycles. The van der Waals surface area contributed by atoms with Crippen molar-refractivity contribution in [1.29, 1.82) is 0 Å². The molecule has 2 aromatic rings. The van der Waals surface area contributed by atoms with Gasteiger partial charge in [0.25, 0.3) is 5.91 Å². The van der Waals surface area contributed by atoms with E-state index in [1.165, 1.54) is 19.2 Å². The second kappa shape index (κ2) is 7.69. The highest BCUT2D eigenvalue weighted by atomic mass is 16.5. The van der Waals surface area contributed by atoms with Crippen LogP contribution < -0.4 is 10.6 Å². The Morgan fingerprint density at radius 1 is 1.04 bits per heavy atom. The zero-order valence-corrected chi connectivity index (χ0v) is 12.4. The molecule has 0 atom stereocenters. The molecule has 0 aliphatic heterocycles. The van der Waals surface area contributed by atoms with Crippen molar-refractivity contribution >= 4 is 17.9 Å². The predicted octanol–water partition coefficient (Wildman–Crippen LogP) is 1.51. The highest BCUT2D eigenvalue weighted by Gasteiger charge is 2.18. The number of ether oxygens (including phenoxy) is 1. The number of imide groups is 1. The molecule has 3 amide bonds. The van der Waals surface area contributed by atoms with E-state index in [4.69, 9.17) is 0 Å². The van der Waals surface area contributed by atoms with Gasteiger partial charge in [-0.15, -0.1) is 0 Å². The Labute approximate surface area is 132 Å². The van der Waals surface area contributed by atoms with Gasteiger partial charge in [0.1, 0.15) is 0 Å². The van der Waals surface area contributed by atoms with Crippen molar-refractivity contribution in [1.82, 2.24) is 15.6 Å². The molecule has 118 valence electrons. The lowest BCUT2D eigenvalue weighted by Crippen LogP contribution is -2.39. The summed E-state index contributed by atoms with van der Waals surface area (Å²) >= 11 is 0. The number of esters is 1. The number of methoxy groups -OCH3 is 1. The first-order valence-electron chi connectivity index (χ1n) is 6.77. The van der Waals surface area contributed by atoms with Gasteiger partial charge in [-0.25, -0.2) is 9.59 Å². The summed E-state index contributed by atoms with van der Waals surface area (Å²) in [6.45, 7) is 0.250. The van der Waals surface area contributed by atoms with Crippen LogP contribution in [0.2, 0.25) is 0 Å². The van der Waals surface area contributed by atoms with Crippen LogP contribution in [0.5, 0.6) is 0 Å². The standard InChI is InChI=1S/C16H15N3O4/c1-23-15(21)13-5-3-2-4-12(13)14(20)19-16(22)18-10-11-6-8-17-9-7-11/h2-9H,10H2,1H3,(H2,18,19,20,22). The molecular formula is C16H15N3O4. The molecule has 0 spiro atoms. The minimum Gasteiger partial charge on any atom is -0.465 e. The van der Waals surface area contributed by atoms with Gasteiger partial charge in [-0.05, 0) is 29.8 Å². The molecule has 1 heterocycles. The van der Waals surface area contributed by atoms with Crippen molar-refractivity contribution in [3.63, 3.8) is 0 Å². The first-order chi connectivity index (χ1) is 11.1. The van der Waals surface area contributed by atoms with Crippen molar-refractivity contribution < 1.29 is 19.1 Å².